The molecule has 0 radical (unpaired) electrons. The molecule has 7 heteroatoms. The van der Waals surface area contributed by atoms with Gasteiger partial charge in [0.25, 0.3) is 11.7 Å². The molecule has 0 bridgehead atoms. The van der Waals surface area contributed by atoms with Gasteiger partial charge in [0, 0.05) is 17.0 Å². The van der Waals surface area contributed by atoms with E-state index in [1.807, 2.05) is 29.6 Å². The number of likely N-dealkylation sites (tertiary alicyclic amines) is 1. The number of carbonyl (C=O) groups excluding carboxylic acids is 2. The molecule has 1 N–H and O–H groups in total. The zero-order valence-corrected chi connectivity index (χ0v) is 17.8. The highest BCUT2D eigenvalue weighted by molar-refractivity contribution is 7.10. The number of rotatable bonds is 5. The molecule has 1 fully saturated rings. The number of ketones is 1. The van der Waals surface area contributed by atoms with E-state index in [2.05, 4.69) is 0 Å². The second-order valence-corrected chi connectivity index (χ2v) is 8.24. The minimum atomic E-state index is -0.763. The van der Waals surface area contributed by atoms with E-state index in [1.165, 1.54) is 34.4 Å². The van der Waals surface area contributed by atoms with Gasteiger partial charge in [-0.1, -0.05) is 18.2 Å². The van der Waals surface area contributed by atoms with Crippen LogP contribution in [-0.2, 0) is 16.1 Å². The molecule has 1 amide bonds. The van der Waals surface area contributed by atoms with Crippen LogP contribution >= 0.6 is 11.3 Å². The largest absolute Gasteiger partial charge is 0.507 e. The average Bonchev–Trinajstić information content (AvgIpc) is 3.38. The first-order valence-corrected chi connectivity index (χ1v) is 10.5. The smallest absolute Gasteiger partial charge is 0.295 e. The van der Waals surface area contributed by atoms with Gasteiger partial charge < -0.3 is 14.7 Å². The SMILES string of the molecule is COc1cccc(CN2C(=O)C(=O)/C(=C(\O)c3ccc(F)c(C)c3)C2c2cccs2)c1. The lowest BCUT2D eigenvalue weighted by Gasteiger charge is -2.24. The van der Waals surface area contributed by atoms with Crippen molar-refractivity contribution in [1.82, 2.24) is 4.90 Å². The standard InChI is InChI=1S/C24H20FNO4S/c1-14-11-16(8-9-18(14)25)22(27)20-21(19-7-4-10-31-19)26(24(29)23(20)28)13-15-5-3-6-17(12-15)30-2/h3-12,21,27H,13H2,1-2H3/b22-20-. The molecule has 31 heavy (non-hydrogen) atoms. The van der Waals surface area contributed by atoms with E-state index in [4.69, 9.17) is 4.74 Å². The zero-order valence-electron chi connectivity index (χ0n) is 17.0. The Balaban J connectivity index is 1.82. The first kappa shape index (κ1) is 20.8. The van der Waals surface area contributed by atoms with Crippen molar-refractivity contribution in [3.63, 3.8) is 0 Å². The van der Waals surface area contributed by atoms with Crippen LogP contribution in [0.15, 0.2) is 65.6 Å². The monoisotopic (exact) mass is 437 g/mol. The molecule has 2 aromatic carbocycles. The van der Waals surface area contributed by atoms with Crippen molar-refractivity contribution in [2.75, 3.05) is 7.11 Å². The van der Waals surface area contributed by atoms with Crippen LogP contribution in [0.3, 0.4) is 0 Å². The summed E-state index contributed by atoms with van der Waals surface area (Å²) in [4.78, 5) is 28.2. The molecule has 0 spiro atoms. The number of ether oxygens (including phenoxy) is 1. The Morgan fingerprint density at radius 3 is 2.65 bits per heavy atom. The maximum absolute atomic E-state index is 13.7. The van der Waals surface area contributed by atoms with Gasteiger partial charge in [-0.3, -0.25) is 9.59 Å². The number of amides is 1. The molecule has 0 saturated carbocycles. The quantitative estimate of drug-likeness (QED) is 0.353. The number of nitrogens with zero attached hydrogens (tertiary/aromatic N) is 1. The van der Waals surface area contributed by atoms with E-state index in [0.717, 1.165) is 10.4 Å². The summed E-state index contributed by atoms with van der Waals surface area (Å²) in [5.74, 6) is -1.54. The molecule has 5 nitrogen and oxygen atoms in total. The number of aryl methyl sites for hydroxylation is 1. The second kappa shape index (κ2) is 8.35. The van der Waals surface area contributed by atoms with Crippen molar-refractivity contribution in [3.8, 4) is 5.75 Å². The third kappa shape index (κ3) is 3.84. The van der Waals surface area contributed by atoms with Crippen molar-refractivity contribution < 1.29 is 23.8 Å². The Bertz CT molecular complexity index is 1190. The van der Waals surface area contributed by atoms with Crippen LogP contribution in [-0.4, -0.2) is 28.8 Å². The van der Waals surface area contributed by atoms with Gasteiger partial charge >= 0.3 is 0 Å². The molecule has 1 aromatic heterocycles. The van der Waals surface area contributed by atoms with Crippen LogP contribution in [0, 0.1) is 12.7 Å². The summed E-state index contributed by atoms with van der Waals surface area (Å²) in [6, 6.07) is 14.3. The van der Waals surface area contributed by atoms with Crippen LogP contribution in [0.25, 0.3) is 5.76 Å². The van der Waals surface area contributed by atoms with E-state index in [9.17, 15) is 19.1 Å². The Morgan fingerprint density at radius 2 is 1.97 bits per heavy atom. The van der Waals surface area contributed by atoms with Crippen molar-refractivity contribution in [3.05, 3.63) is 92.9 Å². The van der Waals surface area contributed by atoms with E-state index >= 15 is 0 Å². The van der Waals surface area contributed by atoms with Gasteiger partial charge in [-0.05, 0) is 59.8 Å². The maximum atomic E-state index is 13.7. The Labute approximate surface area is 183 Å². The number of thiophene rings is 1. The van der Waals surface area contributed by atoms with Gasteiger partial charge in [-0.2, -0.15) is 0 Å². The van der Waals surface area contributed by atoms with Crippen LogP contribution in [0.2, 0.25) is 0 Å². The van der Waals surface area contributed by atoms with Gasteiger partial charge in [0.2, 0.25) is 0 Å². The number of methoxy groups -OCH3 is 1. The van der Waals surface area contributed by atoms with E-state index < -0.39 is 23.5 Å². The lowest BCUT2D eigenvalue weighted by atomic mass is 9.99. The fraction of sp³-hybridized carbons (Fsp3) is 0.167. The molecular formula is C24H20FNO4S. The number of carbonyl (C=O) groups is 2. The number of halogens is 1. The molecule has 158 valence electrons. The zero-order chi connectivity index (χ0) is 22.1. The van der Waals surface area contributed by atoms with Crippen molar-refractivity contribution in [2.24, 2.45) is 0 Å². The number of benzene rings is 2. The molecule has 1 unspecified atom stereocenters. The lowest BCUT2D eigenvalue weighted by molar-refractivity contribution is -0.140. The molecule has 3 aromatic rings. The Hall–Kier alpha value is -3.45. The summed E-state index contributed by atoms with van der Waals surface area (Å²) in [5, 5.41) is 12.9. The number of Topliss-reactive ketones (excluding diaryl/α,β-unsaturated/α-hetero) is 1. The third-order valence-electron chi connectivity index (χ3n) is 5.27. The Morgan fingerprint density at radius 1 is 1.16 bits per heavy atom. The number of aliphatic hydroxyl groups is 1. The molecule has 1 atom stereocenters. The van der Waals surface area contributed by atoms with Gasteiger partial charge in [0.1, 0.15) is 17.3 Å². The third-order valence-corrected chi connectivity index (χ3v) is 6.20. The van der Waals surface area contributed by atoms with Gasteiger partial charge in [-0.25, -0.2) is 4.39 Å². The summed E-state index contributed by atoms with van der Waals surface area (Å²) in [5.41, 5.74) is 1.42. The summed E-state index contributed by atoms with van der Waals surface area (Å²) in [6.07, 6.45) is 0. The first-order chi connectivity index (χ1) is 14.9. The fourth-order valence-corrected chi connectivity index (χ4v) is 4.55. The summed E-state index contributed by atoms with van der Waals surface area (Å²) in [7, 11) is 1.56. The molecule has 4 rings (SSSR count). The van der Waals surface area contributed by atoms with Gasteiger partial charge in [0.15, 0.2) is 0 Å². The normalized spacial score (nSPS) is 17.9. The molecule has 1 aliphatic rings. The predicted octanol–water partition coefficient (Wildman–Crippen LogP) is 4.83. The van der Waals surface area contributed by atoms with Crippen LogP contribution in [0.5, 0.6) is 5.75 Å². The van der Waals surface area contributed by atoms with E-state index in [1.54, 1.807) is 26.2 Å². The highest BCUT2D eigenvalue weighted by Gasteiger charge is 2.46. The van der Waals surface area contributed by atoms with Crippen LogP contribution in [0.4, 0.5) is 4.39 Å². The summed E-state index contributed by atoms with van der Waals surface area (Å²) < 4.78 is 19.0. The summed E-state index contributed by atoms with van der Waals surface area (Å²) in [6.45, 7) is 1.74. The van der Waals surface area contributed by atoms with Crippen molar-refractivity contribution in [2.45, 2.75) is 19.5 Å². The number of aliphatic hydroxyl groups excluding tert-OH is 1. The van der Waals surface area contributed by atoms with Crippen LogP contribution < -0.4 is 4.74 Å². The molecule has 1 saturated heterocycles. The fourth-order valence-electron chi connectivity index (χ4n) is 3.70. The molecular weight excluding hydrogens is 417 g/mol. The second-order valence-electron chi connectivity index (χ2n) is 7.26. The predicted molar refractivity (Wildman–Crippen MR) is 116 cm³/mol. The van der Waals surface area contributed by atoms with Gasteiger partial charge in [-0.15, -0.1) is 11.3 Å². The molecule has 1 aliphatic heterocycles. The Kier molecular flexibility index (Phi) is 5.61. The highest BCUT2D eigenvalue weighted by atomic mass is 32.1. The minimum Gasteiger partial charge on any atom is -0.507 e. The van der Waals surface area contributed by atoms with Crippen molar-refractivity contribution >= 4 is 28.8 Å². The van der Waals surface area contributed by atoms with E-state index in [0.29, 0.717) is 16.9 Å². The highest BCUT2D eigenvalue weighted by Crippen LogP contribution is 2.42. The topological polar surface area (TPSA) is 66.8 Å². The van der Waals surface area contributed by atoms with Crippen LogP contribution in [0.1, 0.15) is 27.6 Å². The molecule has 2 heterocycles. The van der Waals surface area contributed by atoms with Crippen molar-refractivity contribution in [1.29, 1.82) is 0 Å². The average molecular weight is 437 g/mol. The van der Waals surface area contributed by atoms with Gasteiger partial charge in [0.05, 0.1) is 18.7 Å². The number of hydrogen-bond donors (Lipinski definition) is 1. The maximum Gasteiger partial charge on any atom is 0.295 e. The first-order valence-electron chi connectivity index (χ1n) is 9.62. The number of hydrogen-bond acceptors (Lipinski definition) is 5. The molecule has 0 aliphatic carbocycles. The lowest BCUT2D eigenvalue weighted by Crippen LogP contribution is -2.28. The van der Waals surface area contributed by atoms with E-state index in [-0.39, 0.29) is 17.9 Å². The summed E-state index contributed by atoms with van der Waals surface area (Å²) >= 11 is 1.39. The minimum absolute atomic E-state index is 0.00125.